The maximum absolute atomic E-state index is 12.5. The monoisotopic (exact) mass is 292 g/mol. The molecule has 116 valence electrons. The Bertz CT molecular complexity index is 487. The van der Waals surface area contributed by atoms with E-state index in [1.54, 1.807) is 11.0 Å². The molecule has 1 saturated heterocycles. The summed E-state index contributed by atoms with van der Waals surface area (Å²) in [6.07, 6.45) is 2.24. The summed E-state index contributed by atoms with van der Waals surface area (Å²) in [4.78, 5) is 25.1. The number of anilines is 1. The average molecular weight is 292 g/mol. The molecular weight excluding hydrogens is 268 g/mol. The van der Waals surface area contributed by atoms with Crippen molar-refractivity contribution in [3.8, 4) is 0 Å². The second kappa shape index (κ2) is 7.36. The Labute approximate surface area is 126 Å². The number of hydrogen-bond donors (Lipinski definition) is 0. The van der Waals surface area contributed by atoms with E-state index in [-0.39, 0.29) is 5.91 Å². The minimum absolute atomic E-state index is 0.0334. The first-order valence-corrected chi connectivity index (χ1v) is 7.55. The summed E-state index contributed by atoms with van der Waals surface area (Å²) in [7, 11) is 2.00. The molecule has 0 aromatic carbocycles. The van der Waals surface area contributed by atoms with Gasteiger partial charge in [0.1, 0.15) is 17.3 Å². The molecule has 0 radical (unpaired) electrons. The Morgan fingerprint density at radius 1 is 1.38 bits per heavy atom. The molecule has 1 aliphatic rings. The van der Waals surface area contributed by atoms with Crippen LogP contribution in [0.3, 0.4) is 0 Å². The highest BCUT2D eigenvalue weighted by molar-refractivity contribution is 5.93. The molecule has 0 atom stereocenters. The van der Waals surface area contributed by atoms with Crippen molar-refractivity contribution in [2.45, 2.75) is 26.7 Å². The van der Waals surface area contributed by atoms with Crippen LogP contribution in [0.1, 0.15) is 36.1 Å². The first-order chi connectivity index (χ1) is 10.1. The van der Waals surface area contributed by atoms with Gasteiger partial charge in [0.25, 0.3) is 5.91 Å². The van der Waals surface area contributed by atoms with Crippen molar-refractivity contribution in [1.29, 1.82) is 0 Å². The highest BCUT2D eigenvalue weighted by Gasteiger charge is 2.21. The molecular formula is C15H24N4O2. The number of hydrogen-bond acceptors (Lipinski definition) is 5. The molecule has 6 nitrogen and oxygen atoms in total. The van der Waals surface area contributed by atoms with Crippen molar-refractivity contribution in [2.24, 2.45) is 0 Å². The van der Waals surface area contributed by atoms with Gasteiger partial charge in [-0.05, 0) is 13.3 Å². The smallest absolute Gasteiger partial charge is 0.272 e. The van der Waals surface area contributed by atoms with Gasteiger partial charge in [0.05, 0.1) is 13.2 Å². The zero-order valence-corrected chi connectivity index (χ0v) is 13.1. The van der Waals surface area contributed by atoms with Crippen LogP contribution in [0.15, 0.2) is 6.07 Å². The van der Waals surface area contributed by atoms with E-state index in [2.05, 4.69) is 21.8 Å². The number of carbonyl (C=O) groups excluding carboxylic acids is 1. The number of aromatic nitrogens is 2. The summed E-state index contributed by atoms with van der Waals surface area (Å²) in [5, 5.41) is 0. The van der Waals surface area contributed by atoms with Gasteiger partial charge in [-0.25, -0.2) is 9.97 Å². The van der Waals surface area contributed by atoms with Crippen molar-refractivity contribution in [2.75, 3.05) is 44.8 Å². The van der Waals surface area contributed by atoms with Gasteiger partial charge in [-0.3, -0.25) is 4.79 Å². The largest absolute Gasteiger partial charge is 0.378 e. The number of morpholine rings is 1. The summed E-state index contributed by atoms with van der Waals surface area (Å²) in [5.41, 5.74) is 0.475. The highest BCUT2D eigenvalue weighted by Crippen LogP contribution is 2.14. The van der Waals surface area contributed by atoms with Crippen molar-refractivity contribution in [1.82, 2.24) is 14.9 Å². The number of unbranched alkanes of at least 4 members (excludes halogenated alkanes) is 1. The first kappa shape index (κ1) is 15.7. The molecule has 2 rings (SSSR count). The maximum Gasteiger partial charge on any atom is 0.272 e. The van der Waals surface area contributed by atoms with Crippen LogP contribution >= 0.6 is 0 Å². The second-order valence-corrected chi connectivity index (χ2v) is 5.34. The number of rotatable bonds is 5. The van der Waals surface area contributed by atoms with Gasteiger partial charge < -0.3 is 14.5 Å². The summed E-state index contributed by atoms with van der Waals surface area (Å²) in [6, 6.07) is 1.79. The van der Waals surface area contributed by atoms with Crippen LogP contribution in [-0.2, 0) is 4.74 Å². The lowest BCUT2D eigenvalue weighted by Gasteiger charge is -2.27. The zero-order valence-electron chi connectivity index (χ0n) is 13.1. The van der Waals surface area contributed by atoms with Crippen molar-refractivity contribution in [3.05, 3.63) is 17.6 Å². The van der Waals surface area contributed by atoms with E-state index in [0.717, 1.165) is 25.2 Å². The lowest BCUT2D eigenvalue weighted by Crippen LogP contribution is -2.41. The standard InChI is InChI=1S/C15H24N4O2/c1-4-5-6-18(3)14-11-13(16-12(2)17-14)15(20)19-7-9-21-10-8-19/h11H,4-10H2,1-3H3. The molecule has 6 heteroatoms. The lowest BCUT2D eigenvalue weighted by atomic mass is 10.2. The maximum atomic E-state index is 12.5. The van der Waals surface area contributed by atoms with Gasteiger partial charge in [0.15, 0.2) is 0 Å². The van der Waals surface area contributed by atoms with Crippen molar-refractivity contribution in [3.63, 3.8) is 0 Å². The predicted octanol–water partition coefficient (Wildman–Crippen LogP) is 1.49. The number of nitrogens with zero attached hydrogens (tertiary/aromatic N) is 4. The van der Waals surface area contributed by atoms with E-state index in [1.165, 1.54) is 0 Å². The fraction of sp³-hybridized carbons (Fsp3) is 0.667. The number of amides is 1. The molecule has 0 N–H and O–H groups in total. The summed E-state index contributed by atoms with van der Waals surface area (Å²) >= 11 is 0. The van der Waals surface area contributed by atoms with Crippen LogP contribution in [-0.4, -0.2) is 60.7 Å². The van der Waals surface area contributed by atoms with Crippen LogP contribution in [0.5, 0.6) is 0 Å². The molecule has 0 bridgehead atoms. The molecule has 0 saturated carbocycles. The van der Waals surface area contributed by atoms with Crippen molar-refractivity contribution >= 4 is 11.7 Å². The van der Waals surface area contributed by atoms with Crippen LogP contribution < -0.4 is 4.90 Å². The Hall–Kier alpha value is -1.69. The van der Waals surface area contributed by atoms with Crippen LogP contribution in [0.25, 0.3) is 0 Å². The van der Waals surface area contributed by atoms with Crippen LogP contribution in [0, 0.1) is 6.92 Å². The fourth-order valence-electron chi connectivity index (χ4n) is 2.30. The van der Waals surface area contributed by atoms with Gasteiger partial charge in [-0.15, -0.1) is 0 Å². The molecule has 1 amide bonds. The van der Waals surface area contributed by atoms with E-state index in [9.17, 15) is 4.79 Å². The number of ether oxygens (including phenoxy) is 1. The fourth-order valence-corrected chi connectivity index (χ4v) is 2.30. The van der Waals surface area contributed by atoms with E-state index in [1.807, 2.05) is 14.0 Å². The van der Waals surface area contributed by atoms with Gasteiger partial charge in [-0.1, -0.05) is 13.3 Å². The van der Waals surface area contributed by atoms with Gasteiger partial charge in [0, 0.05) is 32.7 Å². The Morgan fingerprint density at radius 3 is 2.76 bits per heavy atom. The SMILES string of the molecule is CCCCN(C)c1cc(C(=O)N2CCOCC2)nc(C)n1. The molecule has 1 aliphatic heterocycles. The molecule has 0 spiro atoms. The molecule has 0 aliphatic carbocycles. The molecule has 1 aromatic rings. The molecule has 1 fully saturated rings. The molecule has 2 heterocycles. The second-order valence-electron chi connectivity index (χ2n) is 5.34. The van der Waals surface area contributed by atoms with Crippen molar-refractivity contribution < 1.29 is 9.53 Å². The van der Waals surface area contributed by atoms with E-state index in [4.69, 9.17) is 4.74 Å². The quantitative estimate of drug-likeness (QED) is 0.823. The molecule has 21 heavy (non-hydrogen) atoms. The Kier molecular flexibility index (Phi) is 5.50. The topological polar surface area (TPSA) is 58.6 Å². The summed E-state index contributed by atoms with van der Waals surface area (Å²) < 4.78 is 5.28. The Morgan fingerprint density at radius 2 is 2.10 bits per heavy atom. The third kappa shape index (κ3) is 4.14. The minimum atomic E-state index is -0.0334. The number of carbonyl (C=O) groups is 1. The summed E-state index contributed by atoms with van der Waals surface area (Å²) in [5.74, 6) is 1.41. The normalized spacial score (nSPS) is 15.1. The predicted molar refractivity (Wildman–Crippen MR) is 81.7 cm³/mol. The zero-order chi connectivity index (χ0) is 15.2. The van der Waals surface area contributed by atoms with E-state index < -0.39 is 0 Å². The summed E-state index contributed by atoms with van der Waals surface area (Å²) in [6.45, 7) is 7.36. The minimum Gasteiger partial charge on any atom is -0.378 e. The van der Waals surface area contributed by atoms with E-state index >= 15 is 0 Å². The van der Waals surface area contributed by atoms with E-state index in [0.29, 0.717) is 37.8 Å². The lowest BCUT2D eigenvalue weighted by molar-refractivity contribution is 0.0299. The van der Waals surface area contributed by atoms with Gasteiger partial charge >= 0.3 is 0 Å². The third-order valence-electron chi connectivity index (χ3n) is 3.58. The highest BCUT2D eigenvalue weighted by atomic mass is 16.5. The van der Waals surface area contributed by atoms with Gasteiger partial charge in [0.2, 0.25) is 0 Å². The third-order valence-corrected chi connectivity index (χ3v) is 3.58. The molecule has 1 aromatic heterocycles. The van der Waals surface area contributed by atoms with Crippen LogP contribution in [0.2, 0.25) is 0 Å². The Balaban J connectivity index is 2.15. The van der Waals surface area contributed by atoms with Gasteiger partial charge in [-0.2, -0.15) is 0 Å². The van der Waals surface area contributed by atoms with Crippen LogP contribution in [0.4, 0.5) is 5.82 Å². The number of aryl methyl sites for hydroxylation is 1. The first-order valence-electron chi connectivity index (χ1n) is 7.55. The molecule has 0 unspecified atom stereocenters. The average Bonchev–Trinajstić information content (AvgIpc) is 2.52.